The Bertz CT molecular complexity index is 381. The van der Waals surface area contributed by atoms with Gasteiger partial charge in [-0.2, -0.15) is 0 Å². The smallest absolute Gasteiger partial charge is 0.139 e. The molecule has 17 heavy (non-hydrogen) atoms. The minimum atomic E-state index is -0.401. The van der Waals surface area contributed by atoms with Gasteiger partial charge in [-0.05, 0) is 41.3 Å². The lowest BCUT2D eigenvalue weighted by atomic mass is 9.95. The van der Waals surface area contributed by atoms with Gasteiger partial charge in [-0.3, -0.25) is 0 Å². The van der Waals surface area contributed by atoms with Crippen molar-refractivity contribution >= 4 is 15.9 Å². The molecule has 0 spiro atoms. The summed E-state index contributed by atoms with van der Waals surface area (Å²) < 4.78 is 6.68. The molecule has 2 atom stereocenters. The van der Waals surface area contributed by atoms with Gasteiger partial charge in [-0.1, -0.05) is 18.6 Å². The number of halogens is 1. The second-order valence-electron chi connectivity index (χ2n) is 4.39. The van der Waals surface area contributed by atoms with E-state index in [0.29, 0.717) is 5.75 Å². The fourth-order valence-corrected chi connectivity index (χ4v) is 2.68. The summed E-state index contributed by atoms with van der Waals surface area (Å²) in [6, 6.07) is 5.57. The summed E-state index contributed by atoms with van der Waals surface area (Å²) in [6.45, 7) is -0.0579. The van der Waals surface area contributed by atoms with Gasteiger partial charge in [0.1, 0.15) is 11.9 Å². The summed E-state index contributed by atoms with van der Waals surface area (Å²) in [6.07, 6.45) is 3.25. The van der Waals surface area contributed by atoms with E-state index in [0.717, 1.165) is 35.7 Å². The van der Waals surface area contributed by atoms with E-state index in [2.05, 4.69) is 15.9 Å². The third-order valence-corrected chi connectivity index (χ3v) is 3.78. The standard InChI is InChI=1S/C13H17BrO3/c14-10-5-3-4-9(8-15)13(10)17-12-7-2-1-6-11(12)16/h3-5,11-12,15-16H,1-2,6-8H2. The molecule has 2 unspecified atom stereocenters. The Kier molecular flexibility index (Phi) is 4.42. The second-order valence-corrected chi connectivity index (χ2v) is 5.25. The summed E-state index contributed by atoms with van der Waals surface area (Å²) in [5, 5.41) is 19.2. The van der Waals surface area contributed by atoms with Gasteiger partial charge in [-0.25, -0.2) is 0 Å². The molecule has 0 amide bonds. The molecule has 0 heterocycles. The first-order valence-corrected chi connectivity index (χ1v) is 6.74. The minimum Gasteiger partial charge on any atom is -0.486 e. The third kappa shape index (κ3) is 3.00. The Labute approximate surface area is 110 Å². The third-order valence-electron chi connectivity index (χ3n) is 3.16. The van der Waals surface area contributed by atoms with Crippen LogP contribution in [0.1, 0.15) is 31.2 Å². The van der Waals surface area contributed by atoms with Crippen LogP contribution >= 0.6 is 15.9 Å². The monoisotopic (exact) mass is 300 g/mol. The van der Waals surface area contributed by atoms with Crippen molar-refractivity contribution in [3.63, 3.8) is 0 Å². The number of hydrogen-bond acceptors (Lipinski definition) is 3. The molecule has 0 bridgehead atoms. The lowest BCUT2D eigenvalue weighted by Crippen LogP contribution is -2.35. The number of aliphatic hydroxyl groups is 2. The lowest BCUT2D eigenvalue weighted by molar-refractivity contribution is 0.00546. The normalized spacial score (nSPS) is 24.6. The number of hydrogen-bond donors (Lipinski definition) is 2. The lowest BCUT2D eigenvalue weighted by Gasteiger charge is -2.29. The number of ether oxygens (including phenoxy) is 1. The van der Waals surface area contributed by atoms with Crippen LogP contribution < -0.4 is 4.74 Å². The number of aliphatic hydroxyl groups excluding tert-OH is 2. The summed E-state index contributed by atoms with van der Waals surface area (Å²) in [4.78, 5) is 0. The summed E-state index contributed by atoms with van der Waals surface area (Å²) >= 11 is 3.42. The molecule has 0 radical (unpaired) electrons. The van der Waals surface area contributed by atoms with Crippen molar-refractivity contribution in [2.24, 2.45) is 0 Å². The van der Waals surface area contributed by atoms with Crippen molar-refractivity contribution in [2.75, 3.05) is 0 Å². The number of benzene rings is 1. The van der Waals surface area contributed by atoms with Crippen LogP contribution in [0.5, 0.6) is 5.75 Å². The van der Waals surface area contributed by atoms with Gasteiger partial charge < -0.3 is 14.9 Å². The van der Waals surface area contributed by atoms with E-state index in [9.17, 15) is 10.2 Å². The van der Waals surface area contributed by atoms with Gasteiger partial charge in [0.25, 0.3) is 0 Å². The highest BCUT2D eigenvalue weighted by Gasteiger charge is 2.26. The molecular weight excluding hydrogens is 284 g/mol. The zero-order chi connectivity index (χ0) is 12.3. The van der Waals surface area contributed by atoms with Gasteiger partial charge >= 0.3 is 0 Å². The van der Waals surface area contributed by atoms with Gasteiger partial charge in [0.05, 0.1) is 17.2 Å². The first kappa shape index (κ1) is 12.9. The van der Waals surface area contributed by atoms with E-state index in [4.69, 9.17) is 4.74 Å². The summed E-state index contributed by atoms with van der Waals surface area (Å²) in [5.41, 5.74) is 0.747. The van der Waals surface area contributed by atoms with Crippen molar-refractivity contribution in [3.05, 3.63) is 28.2 Å². The molecule has 1 saturated carbocycles. The molecule has 1 aromatic carbocycles. The highest BCUT2D eigenvalue weighted by Crippen LogP contribution is 2.32. The first-order valence-electron chi connectivity index (χ1n) is 5.95. The Hall–Kier alpha value is -0.580. The molecule has 1 aromatic rings. The van der Waals surface area contributed by atoms with E-state index in [1.165, 1.54) is 0 Å². The quantitative estimate of drug-likeness (QED) is 0.902. The minimum absolute atomic E-state index is 0.0579. The SMILES string of the molecule is OCc1cccc(Br)c1OC1CCCCC1O. The molecule has 94 valence electrons. The Balaban J connectivity index is 2.16. The van der Waals surface area contributed by atoms with Crippen LogP contribution in [0, 0.1) is 0 Å². The predicted octanol–water partition coefficient (Wildman–Crippen LogP) is 2.62. The van der Waals surface area contributed by atoms with Crippen LogP contribution in [-0.2, 0) is 6.61 Å². The summed E-state index contributed by atoms with van der Waals surface area (Å²) in [5.74, 6) is 0.654. The Morgan fingerprint density at radius 2 is 2.06 bits per heavy atom. The highest BCUT2D eigenvalue weighted by atomic mass is 79.9. The highest BCUT2D eigenvalue weighted by molar-refractivity contribution is 9.10. The van der Waals surface area contributed by atoms with E-state index >= 15 is 0 Å². The maximum Gasteiger partial charge on any atom is 0.139 e. The number of rotatable bonds is 3. The average molecular weight is 301 g/mol. The van der Waals surface area contributed by atoms with Crippen LogP contribution in [0.4, 0.5) is 0 Å². The van der Waals surface area contributed by atoms with Crippen molar-refractivity contribution < 1.29 is 14.9 Å². The molecule has 2 rings (SSSR count). The Morgan fingerprint density at radius 1 is 1.29 bits per heavy atom. The zero-order valence-corrected chi connectivity index (χ0v) is 11.2. The zero-order valence-electron chi connectivity index (χ0n) is 9.60. The second kappa shape index (κ2) is 5.85. The molecule has 1 fully saturated rings. The van der Waals surface area contributed by atoms with Crippen LogP contribution in [0.3, 0.4) is 0 Å². The molecule has 1 aliphatic carbocycles. The molecular formula is C13H17BrO3. The van der Waals surface area contributed by atoms with Gasteiger partial charge in [-0.15, -0.1) is 0 Å². The van der Waals surface area contributed by atoms with Gasteiger partial charge in [0.15, 0.2) is 0 Å². The molecule has 2 N–H and O–H groups in total. The van der Waals surface area contributed by atoms with Crippen LogP contribution in [0.15, 0.2) is 22.7 Å². The fraction of sp³-hybridized carbons (Fsp3) is 0.538. The van der Waals surface area contributed by atoms with Crippen LogP contribution in [0.25, 0.3) is 0 Å². The number of para-hydroxylation sites is 1. The maximum absolute atomic E-state index is 9.88. The molecule has 1 aliphatic rings. The van der Waals surface area contributed by atoms with E-state index in [-0.39, 0.29) is 12.7 Å². The largest absolute Gasteiger partial charge is 0.486 e. The molecule has 0 aliphatic heterocycles. The predicted molar refractivity (Wildman–Crippen MR) is 69.0 cm³/mol. The van der Waals surface area contributed by atoms with Crippen molar-refractivity contribution in [1.29, 1.82) is 0 Å². The Morgan fingerprint density at radius 3 is 2.76 bits per heavy atom. The van der Waals surface area contributed by atoms with Crippen molar-refractivity contribution in [1.82, 2.24) is 0 Å². The fourth-order valence-electron chi connectivity index (χ4n) is 2.18. The van der Waals surface area contributed by atoms with Crippen molar-refractivity contribution in [3.8, 4) is 5.75 Å². The van der Waals surface area contributed by atoms with E-state index in [1.54, 1.807) is 0 Å². The molecule has 4 heteroatoms. The average Bonchev–Trinajstić information content (AvgIpc) is 2.34. The van der Waals surface area contributed by atoms with Gasteiger partial charge in [0.2, 0.25) is 0 Å². The molecule has 0 aromatic heterocycles. The topological polar surface area (TPSA) is 49.7 Å². The van der Waals surface area contributed by atoms with E-state index in [1.807, 2.05) is 18.2 Å². The van der Waals surface area contributed by atoms with Gasteiger partial charge in [0, 0.05) is 5.56 Å². The summed E-state index contributed by atoms with van der Waals surface area (Å²) in [7, 11) is 0. The maximum atomic E-state index is 9.88. The first-order chi connectivity index (χ1) is 8.22. The van der Waals surface area contributed by atoms with Crippen LogP contribution in [-0.4, -0.2) is 22.4 Å². The van der Waals surface area contributed by atoms with Crippen molar-refractivity contribution in [2.45, 2.75) is 44.5 Å². The molecule has 3 nitrogen and oxygen atoms in total. The molecule has 0 saturated heterocycles. The van der Waals surface area contributed by atoms with E-state index < -0.39 is 6.10 Å². The van der Waals surface area contributed by atoms with Crippen LogP contribution in [0.2, 0.25) is 0 Å².